The fourth-order valence-corrected chi connectivity index (χ4v) is 1.91. The smallest absolute Gasteiger partial charge is 0.282 e. The van der Waals surface area contributed by atoms with E-state index >= 15 is 0 Å². The highest BCUT2D eigenvalue weighted by molar-refractivity contribution is 7.57. The van der Waals surface area contributed by atoms with Crippen molar-refractivity contribution in [2.24, 2.45) is 0 Å². The highest BCUT2D eigenvalue weighted by Gasteiger charge is 2.27. The Balaban J connectivity index is 3.35. The lowest BCUT2D eigenvalue weighted by Gasteiger charge is -2.09. The number of hydrogen-bond acceptors (Lipinski definition) is 6. The molecule has 1 aromatic rings. The van der Waals surface area contributed by atoms with Gasteiger partial charge in [0, 0.05) is 25.5 Å². The van der Waals surface area contributed by atoms with Crippen LogP contribution >= 0.6 is 7.37 Å². The molecular weight excluding hydrogens is 275 g/mol. The lowest BCUT2D eigenvalue weighted by molar-refractivity contribution is -0.396. The molecule has 0 heterocycles. The lowest BCUT2D eigenvalue weighted by Crippen LogP contribution is -2.03. The summed E-state index contributed by atoms with van der Waals surface area (Å²) in [6.07, 6.45) is 0. The molecule has 0 radical (unpaired) electrons. The molecule has 0 saturated heterocycles. The number of nitro groups is 2. The summed E-state index contributed by atoms with van der Waals surface area (Å²) in [6, 6.07) is 2.45. The number of rotatable bonds is 5. The Morgan fingerprint density at radius 2 is 1.58 bits per heavy atom. The quantitative estimate of drug-likeness (QED) is 0.467. The van der Waals surface area contributed by atoms with Crippen LogP contribution in [0.5, 0.6) is 0 Å². The van der Waals surface area contributed by atoms with Crippen molar-refractivity contribution in [3.8, 4) is 0 Å². The second-order valence-corrected chi connectivity index (χ2v) is 7.08. The first-order valence-electron chi connectivity index (χ1n) is 5.23. The summed E-state index contributed by atoms with van der Waals surface area (Å²) in [5.74, 6) is 0. The average Bonchev–Trinajstić information content (AvgIpc) is 2.24. The average molecular weight is 288 g/mol. The summed E-state index contributed by atoms with van der Waals surface area (Å²) >= 11 is 0. The first-order chi connectivity index (χ1) is 8.61. The van der Waals surface area contributed by atoms with Gasteiger partial charge in [0.25, 0.3) is 11.4 Å². The number of nitrogens with zero attached hydrogens (tertiary/aromatic N) is 2. The molecular formula is C10H13N2O6P. The monoisotopic (exact) mass is 288 g/mol. The zero-order chi connectivity index (χ0) is 14.8. The summed E-state index contributed by atoms with van der Waals surface area (Å²) in [5, 5.41) is 21.9. The zero-order valence-electron chi connectivity index (χ0n) is 10.7. The first-order valence-corrected chi connectivity index (χ1v) is 7.75. The maximum absolute atomic E-state index is 11.5. The molecule has 19 heavy (non-hydrogen) atoms. The molecule has 0 atom stereocenters. The van der Waals surface area contributed by atoms with E-state index in [-0.39, 0.29) is 5.56 Å². The van der Waals surface area contributed by atoms with Gasteiger partial charge in [-0.3, -0.25) is 24.8 Å². The van der Waals surface area contributed by atoms with E-state index in [0.29, 0.717) is 5.56 Å². The maximum Gasteiger partial charge on any atom is 0.282 e. The molecule has 0 aromatic heterocycles. The highest BCUT2D eigenvalue weighted by atomic mass is 31.2. The Morgan fingerprint density at radius 3 is 1.89 bits per heavy atom. The predicted octanol–water partition coefficient (Wildman–Crippen LogP) is 2.87. The van der Waals surface area contributed by atoms with E-state index in [1.165, 1.54) is 32.4 Å². The molecule has 0 aliphatic rings. The lowest BCUT2D eigenvalue weighted by atomic mass is 10.1. The van der Waals surface area contributed by atoms with Crippen LogP contribution in [-0.4, -0.2) is 23.2 Å². The second-order valence-electron chi connectivity index (χ2n) is 4.32. The van der Waals surface area contributed by atoms with E-state index < -0.39 is 35.2 Å². The van der Waals surface area contributed by atoms with Gasteiger partial charge in [0.2, 0.25) is 0 Å². The molecule has 8 nitrogen and oxygen atoms in total. The van der Waals surface area contributed by atoms with E-state index in [9.17, 15) is 24.8 Å². The Morgan fingerprint density at radius 1 is 1.16 bits per heavy atom. The van der Waals surface area contributed by atoms with Gasteiger partial charge in [-0.15, -0.1) is 0 Å². The second kappa shape index (κ2) is 5.46. The van der Waals surface area contributed by atoms with Crippen molar-refractivity contribution < 1.29 is 18.9 Å². The summed E-state index contributed by atoms with van der Waals surface area (Å²) < 4.78 is 16.4. The van der Waals surface area contributed by atoms with Crippen LogP contribution in [0.25, 0.3) is 0 Å². The minimum atomic E-state index is -2.89. The van der Waals surface area contributed by atoms with Crippen LogP contribution in [0, 0.1) is 27.2 Å². The highest BCUT2D eigenvalue weighted by Crippen LogP contribution is 2.41. The molecule has 0 N–H and O–H groups in total. The van der Waals surface area contributed by atoms with Gasteiger partial charge < -0.3 is 4.52 Å². The van der Waals surface area contributed by atoms with Crippen LogP contribution in [0.15, 0.2) is 12.1 Å². The van der Waals surface area contributed by atoms with Crippen molar-refractivity contribution in [1.29, 1.82) is 0 Å². The molecule has 0 aliphatic heterocycles. The molecule has 0 saturated carbocycles. The molecule has 0 amide bonds. The third-order valence-corrected chi connectivity index (χ3v) is 3.01. The Labute approximate surface area is 109 Å². The van der Waals surface area contributed by atoms with E-state index in [2.05, 4.69) is 0 Å². The van der Waals surface area contributed by atoms with Crippen molar-refractivity contribution >= 4 is 18.7 Å². The van der Waals surface area contributed by atoms with Crippen LogP contribution < -0.4 is 0 Å². The number of benzene rings is 1. The molecule has 0 unspecified atom stereocenters. The van der Waals surface area contributed by atoms with Crippen LogP contribution in [0.2, 0.25) is 0 Å². The zero-order valence-corrected chi connectivity index (χ0v) is 11.5. The summed E-state index contributed by atoms with van der Waals surface area (Å²) in [5.41, 5.74) is -0.580. The number of hydrogen-bond donors (Lipinski definition) is 0. The third-order valence-electron chi connectivity index (χ3n) is 2.26. The topological polar surface area (TPSA) is 113 Å². The Hall–Kier alpha value is -1.79. The number of nitro benzene ring substituents is 2. The van der Waals surface area contributed by atoms with E-state index in [1.807, 2.05) is 0 Å². The molecule has 0 bridgehead atoms. The minimum absolute atomic E-state index is 0.176. The normalized spacial score (nSPS) is 11.3. The van der Waals surface area contributed by atoms with E-state index in [1.54, 1.807) is 0 Å². The van der Waals surface area contributed by atoms with E-state index in [4.69, 9.17) is 4.52 Å². The van der Waals surface area contributed by atoms with Crippen molar-refractivity contribution in [3.63, 3.8) is 0 Å². The molecule has 0 aliphatic carbocycles. The van der Waals surface area contributed by atoms with E-state index in [0.717, 1.165) is 0 Å². The van der Waals surface area contributed by atoms with Gasteiger partial charge in [0.1, 0.15) is 5.56 Å². The predicted molar refractivity (Wildman–Crippen MR) is 68.7 cm³/mol. The molecule has 1 aromatic carbocycles. The summed E-state index contributed by atoms with van der Waals surface area (Å²) in [4.78, 5) is 20.4. The first kappa shape index (κ1) is 15.3. The molecule has 9 heteroatoms. The fraction of sp³-hybridized carbons (Fsp3) is 0.400. The van der Waals surface area contributed by atoms with Crippen molar-refractivity contribution in [3.05, 3.63) is 43.5 Å². The van der Waals surface area contributed by atoms with Crippen LogP contribution in [0.3, 0.4) is 0 Å². The molecule has 1 rings (SSSR count). The largest absolute Gasteiger partial charge is 0.323 e. The van der Waals surface area contributed by atoms with Crippen molar-refractivity contribution in [2.75, 3.05) is 13.3 Å². The van der Waals surface area contributed by atoms with Crippen molar-refractivity contribution in [2.45, 2.75) is 13.5 Å². The van der Waals surface area contributed by atoms with Crippen LogP contribution in [0.1, 0.15) is 11.1 Å². The van der Waals surface area contributed by atoms with Gasteiger partial charge in [-0.25, -0.2) is 0 Å². The molecule has 104 valence electrons. The van der Waals surface area contributed by atoms with Crippen LogP contribution in [0.4, 0.5) is 11.4 Å². The van der Waals surface area contributed by atoms with Crippen LogP contribution in [-0.2, 0) is 15.7 Å². The van der Waals surface area contributed by atoms with Gasteiger partial charge >= 0.3 is 0 Å². The Kier molecular flexibility index (Phi) is 4.39. The van der Waals surface area contributed by atoms with Gasteiger partial charge in [0.05, 0.1) is 16.5 Å². The SMILES string of the molecule is Cc1cc([N+](=O)[O-])c(COP(C)(C)=O)c([N+](=O)[O-])c1. The fourth-order valence-electron chi connectivity index (χ4n) is 1.47. The minimum Gasteiger partial charge on any atom is -0.323 e. The van der Waals surface area contributed by atoms with Gasteiger partial charge in [-0.05, 0) is 12.5 Å². The van der Waals surface area contributed by atoms with Gasteiger partial charge in [0.15, 0.2) is 7.37 Å². The Bertz CT molecular complexity index is 544. The van der Waals surface area contributed by atoms with Gasteiger partial charge in [-0.1, -0.05) is 0 Å². The molecule has 0 fully saturated rings. The van der Waals surface area contributed by atoms with Gasteiger partial charge in [-0.2, -0.15) is 0 Å². The standard InChI is InChI=1S/C10H13N2O6P/c1-7-4-9(11(13)14)8(6-18-19(2,3)17)10(5-7)12(15)16/h4-5H,6H2,1-3H3. The summed E-state index contributed by atoms with van der Waals surface area (Å²) in [6.45, 7) is 3.75. The maximum atomic E-state index is 11.5. The van der Waals surface area contributed by atoms with Crippen molar-refractivity contribution in [1.82, 2.24) is 0 Å². The third kappa shape index (κ3) is 4.11. The summed E-state index contributed by atoms with van der Waals surface area (Å²) in [7, 11) is -2.89. The molecule has 0 spiro atoms. The number of aryl methyl sites for hydroxylation is 1.